The second-order valence-electron chi connectivity index (χ2n) is 7.72. The molecule has 0 unspecified atom stereocenters. The molecule has 0 bridgehead atoms. The maximum atomic E-state index is 9.10. The van der Waals surface area contributed by atoms with Gasteiger partial charge in [0.15, 0.2) is 0 Å². The first-order valence-electron chi connectivity index (χ1n) is 10.4. The van der Waals surface area contributed by atoms with E-state index >= 15 is 0 Å². The Labute approximate surface area is 191 Å². The van der Waals surface area contributed by atoms with Gasteiger partial charge < -0.3 is 9.64 Å². The minimum Gasteiger partial charge on any atom is -0.496 e. The van der Waals surface area contributed by atoms with E-state index in [9.17, 15) is 0 Å². The van der Waals surface area contributed by atoms with Gasteiger partial charge in [0.05, 0.1) is 34.4 Å². The molecular formula is C24H21ClN4OS. The summed E-state index contributed by atoms with van der Waals surface area (Å²) in [7, 11) is 1.67. The van der Waals surface area contributed by atoms with Crippen molar-refractivity contribution in [2.45, 2.75) is 35.5 Å². The summed E-state index contributed by atoms with van der Waals surface area (Å²) in [5.41, 5.74) is 5.09. The number of hydrogen-bond donors (Lipinski definition) is 0. The Morgan fingerprint density at radius 2 is 1.94 bits per heavy atom. The van der Waals surface area contributed by atoms with Crippen molar-refractivity contribution < 1.29 is 4.74 Å². The van der Waals surface area contributed by atoms with Crippen molar-refractivity contribution in [3.63, 3.8) is 0 Å². The monoisotopic (exact) mass is 448 g/mol. The summed E-state index contributed by atoms with van der Waals surface area (Å²) < 4.78 is 5.62. The lowest BCUT2D eigenvalue weighted by molar-refractivity contribution is 0.405. The molecule has 7 heteroatoms. The molecular weight excluding hydrogens is 428 g/mol. The summed E-state index contributed by atoms with van der Waals surface area (Å²) in [6.45, 7) is 2.05. The van der Waals surface area contributed by atoms with Crippen LogP contribution in [0.15, 0.2) is 46.2 Å². The Balaban J connectivity index is 1.56. The largest absolute Gasteiger partial charge is 0.496 e. The lowest BCUT2D eigenvalue weighted by Crippen LogP contribution is -2.38. The lowest BCUT2D eigenvalue weighted by Gasteiger charge is -2.31. The fourth-order valence-electron chi connectivity index (χ4n) is 3.99. The van der Waals surface area contributed by atoms with Crippen molar-refractivity contribution in [2.75, 3.05) is 25.1 Å². The highest BCUT2D eigenvalue weighted by Gasteiger charge is 2.25. The highest BCUT2D eigenvalue weighted by molar-refractivity contribution is 7.99. The Morgan fingerprint density at radius 3 is 2.65 bits per heavy atom. The van der Waals surface area contributed by atoms with Crippen LogP contribution in [0, 0.1) is 11.3 Å². The molecule has 1 saturated heterocycles. The van der Waals surface area contributed by atoms with Gasteiger partial charge in [-0.1, -0.05) is 23.4 Å². The first kappa shape index (κ1) is 20.2. The molecule has 2 aromatic carbocycles. The van der Waals surface area contributed by atoms with Gasteiger partial charge in [0.25, 0.3) is 0 Å². The standard InChI is InChI=1S/C24H21ClN4OS/c1-30-20-8-7-16(13-22(20)31-21-9-6-15(14-26)12-18(21)25)23-17-4-2-5-19(17)27-24(28-23)29-10-3-11-29/h6-9,12-13H,2-5,10-11H2,1H3. The Hall–Kier alpha value is -2.75. The molecule has 1 fully saturated rings. The number of halogens is 1. The molecule has 0 atom stereocenters. The number of nitriles is 1. The quantitative estimate of drug-likeness (QED) is 0.511. The second kappa shape index (κ2) is 8.41. The van der Waals surface area contributed by atoms with E-state index in [0.29, 0.717) is 10.6 Å². The first-order chi connectivity index (χ1) is 15.2. The van der Waals surface area contributed by atoms with Crippen molar-refractivity contribution >= 4 is 29.3 Å². The third kappa shape index (κ3) is 3.84. The van der Waals surface area contributed by atoms with Crippen LogP contribution in [-0.2, 0) is 12.8 Å². The zero-order chi connectivity index (χ0) is 21.4. The number of anilines is 1. The average molecular weight is 449 g/mol. The molecule has 2 aliphatic rings. The summed E-state index contributed by atoms with van der Waals surface area (Å²) in [5, 5.41) is 9.65. The zero-order valence-electron chi connectivity index (χ0n) is 17.2. The highest BCUT2D eigenvalue weighted by Crippen LogP contribution is 2.42. The molecule has 5 nitrogen and oxygen atoms in total. The Morgan fingerprint density at radius 1 is 1.06 bits per heavy atom. The number of nitrogens with zero attached hydrogens (tertiary/aromatic N) is 4. The molecule has 3 aromatic rings. The molecule has 2 heterocycles. The maximum absolute atomic E-state index is 9.10. The van der Waals surface area contributed by atoms with Crippen LogP contribution in [0.1, 0.15) is 29.7 Å². The molecule has 1 aliphatic carbocycles. The van der Waals surface area contributed by atoms with Crippen LogP contribution in [-0.4, -0.2) is 30.2 Å². The third-order valence-corrected chi connectivity index (χ3v) is 7.32. The number of aryl methyl sites for hydroxylation is 1. The first-order valence-corrected chi connectivity index (χ1v) is 11.6. The van der Waals surface area contributed by atoms with Crippen molar-refractivity contribution in [3.8, 4) is 23.1 Å². The van der Waals surface area contributed by atoms with Gasteiger partial charge in [0.2, 0.25) is 5.95 Å². The van der Waals surface area contributed by atoms with Crippen LogP contribution in [0.4, 0.5) is 5.95 Å². The number of benzene rings is 2. The normalized spacial score (nSPS) is 14.7. The van der Waals surface area contributed by atoms with Crippen molar-refractivity contribution in [1.82, 2.24) is 9.97 Å². The topological polar surface area (TPSA) is 62.0 Å². The van der Waals surface area contributed by atoms with Gasteiger partial charge in [0.1, 0.15) is 5.75 Å². The Bertz CT molecular complexity index is 1200. The van der Waals surface area contributed by atoms with Crippen LogP contribution in [0.25, 0.3) is 11.3 Å². The molecule has 0 saturated carbocycles. The molecule has 0 spiro atoms. The van der Waals surface area contributed by atoms with Crippen molar-refractivity contribution in [1.29, 1.82) is 5.26 Å². The highest BCUT2D eigenvalue weighted by atomic mass is 35.5. The van der Waals surface area contributed by atoms with E-state index in [2.05, 4.69) is 23.1 Å². The number of methoxy groups -OCH3 is 1. The van der Waals surface area contributed by atoms with Gasteiger partial charge in [-0.25, -0.2) is 9.97 Å². The van der Waals surface area contributed by atoms with E-state index in [1.165, 1.54) is 29.4 Å². The predicted octanol–water partition coefficient (Wildman–Crippen LogP) is 5.53. The zero-order valence-corrected chi connectivity index (χ0v) is 18.8. The molecule has 0 amide bonds. The second-order valence-corrected chi connectivity index (χ2v) is 9.21. The van der Waals surface area contributed by atoms with Gasteiger partial charge in [-0.15, -0.1) is 0 Å². The van der Waals surface area contributed by atoms with Crippen molar-refractivity contribution in [3.05, 3.63) is 58.2 Å². The van der Waals surface area contributed by atoms with Crippen molar-refractivity contribution in [2.24, 2.45) is 0 Å². The van der Waals surface area contributed by atoms with Crippen LogP contribution in [0.2, 0.25) is 5.02 Å². The number of ether oxygens (including phenoxy) is 1. The summed E-state index contributed by atoms with van der Waals surface area (Å²) in [6, 6.07) is 13.7. The molecule has 0 N–H and O–H groups in total. The van der Waals surface area contributed by atoms with Crippen LogP contribution >= 0.6 is 23.4 Å². The molecule has 0 radical (unpaired) electrons. The van der Waals surface area contributed by atoms with E-state index in [0.717, 1.165) is 65.1 Å². The van der Waals surface area contributed by atoms with E-state index in [-0.39, 0.29) is 0 Å². The third-order valence-electron chi connectivity index (χ3n) is 5.78. The van der Waals surface area contributed by atoms with Gasteiger partial charge >= 0.3 is 0 Å². The van der Waals surface area contributed by atoms with Gasteiger partial charge in [0, 0.05) is 34.8 Å². The fourth-order valence-corrected chi connectivity index (χ4v) is 5.25. The summed E-state index contributed by atoms with van der Waals surface area (Å²) in [4.78, 5) is 13.9. The van der Waals surface area contributed by atoms with Crippen LogP contribution < -0.4 is 9.64 Å². The van der Waals surface area contributed by atoms with E-state index in [1.807, 2.05) is 12.1 Å². The average Bonchev–Trinajstić information content (AvgIpc) is 3.22. The molecule has 156 valence electrons. The molecule has 31 heavy (non-hydrogen) atoms. The number of aromatic nitrogens is 2. The van der Waals surface area contributed by atoms with Crippen LogP contribution in [0.3, 0.4) is 0 Å². The number of rotatable bonds is 5. The maximum Gasteiger partial charge on any atom is 0.226 e. The van der Waals surface area contributed by atoms with Gasteiger partial charge in [-0.2, -0.15) is 5.26 Å². The van der Waals surface area contributed by atoms with E-state index in [4.69, 9.17) is 31.6 Å². The number of hydrogen-bond acceptors (Lipinski definition) is 6. The van der Waals surface area contributed by atoms with Gasteiger partial charge in [-0.05, 0) is 62.1 Å². The smallest absolute Gasteiger partial charge is 0.226 e. The summed E-state index contributed by atoms with van der Waals surface area (Å²) in [5.74, 6) is 1.63. The molecule has 5 rings (SSSR count). The minimum atomic E-state index is 0.546. The number of fused-ring (bicyclic) bond motifs is 1. The SMILES string of the molecule is COc1ccc(-c2nc(N3CCC3)nc3c2CCC3)cc1Sc1ccc(C#N)cc1Cl. The predicted molar refractivity (Wildman–Crippen MR) is 123 cm³/mol. The molecule has 1 aliphatic heterocycles. The minimum absolute atomic E-state index is 0.546. The van der Waals surface area contributed by atoms with E-state index in [1.54, 1.807) is 19.2 Å². The lowest BCUT2D eigenvalue weighted by atomic mass is 10.0. The fraction of sp³-hybridized carbons (Fsp3) is 0.292. The van der Waals surface area contributed by atoms with E-state index < -0.39 is 0 Å². The summed E-state index contributed by atoms with van der Waals surface area (Å²) >= 11 is 7.96. The summed E-state index contributed by atoms with van der Waals surface area (Å²) in [6.07, 6.45) is 4.36. The molecule has 1 aromatic heterocycles. The Kier molecular flexibility index (Phi) is 5.47. The van der Waals surface area contributed by atoms with Gasteiger partial charge in [-0.3, -0.25) is 0 Å². The van der Waals surface area contributed by atoms with Crippen LogP contribution in [0.5, 0.6) is 5.75 Å².